The summed E-state index contributed by atoms with van der Waals surface area (Å²) in [5.41, 5.74) is 3.50. The zero-order valence-electron chi connectivity index (χ0n) is 20.4. The van der Waals surface area contributed by atoms with E-state index in [1.165, 1.54) is 5.56 Å². The van der Waals surface area contributed by atoms with E-state index in [2.05, 4.69) is 86.6 Å². The molecule has 1 aromatic heterocycles. The van der Waals surface area contributed by atoms with Gasteiger partial charge in [0.25, 0.3) is 5.91 Å². The third-order valence-corrected chi connectivity index (χ3v) is 7.21. The molecule has 184 valence electrons. The highest BCUT2D eigenvalue weighted by Gasteiger charge is 2.33. The van der Waals surface area contributed by atoms with Crippen LogP contribution in [-0.2, 0) is 19.6 Å². The average Bonchev–Trinajstić information content (AvgIpc) is 3.53. The first-order valence-corrected chi connectivity index (χ1v) is 13.1. The minimum absolute atomic E-state index is 0.0525. The first kappa shape index (κ1) is 24.4. The van der Waals surface area contributed by atoms with Gasteiger partial charge >= 0.3 is 0 Å². The molecule has 2 heterocycles. The molecule has 1 saturated heterocycles. The predicted octanol–water partition coefficient (Wildman–Crippen LogP) is 5.70. The first-order valence-electron chi connectivity index (χ1n) is 12.3. The molecule has 1 aliphatic rings. The minimum atomic E-state index is -0.0548. The fourth-order valence-corrected chi connectivity index (χ4v) is 5.17. The number of carbonyl (C=O) groups excluding carboxylic acids is 1. The highest BCUT2D eigenvalue weighted by Crippen LogP contribution is 2.33. The maximum atomic E-state index is 13.9. The van der Waals surface area contributed by atoms with Gasteiger partial charge in [-0.15, -0.1) is 10.2 Å². The summed E-state index contributed by atoms with van der Waals surface area (Å²) in [4.78, 5) is 18.0. The van der Waals surface area contributed by atoms with Crippen molar-refractivity contribution in [2.24, 2.45) is 0 Å². The molecule has 0 N–H and O–H groups in total. The van der Waals surface area contributed by atoms with Crippen molar-refractivity contribution in [2.45, 2.75) is 38.5 Å². The Morgan fingerprint density at radius 2 is 1.58 bits per heavy atom. The van der Waals surface area contributed by atoms with E-state index in [4.69, 9.17) is 0 Å². The number of aromatic nitrogens is 3. The van der Waals surface area contributed by atoms with Crippen LogP contribution in [0.1, 0.15) is 52.0 Å². The van der Waals surface area contributed by atoms with Gasteiger partial charge in [-0.05, 0) is 48.7 Å². The second-order valence-corrected chi connectivity index (χ2v) is 10.3. The van der Waals surface area contributed by atoms with Gasteiger partial charge in [0.05, 0.1) is 19.1 Å². The van der Waals surface area contributed by atoms with E-state index in [0.717, 1.165) is 47.4 Å². The molecule has 0 aliphatic carbocycles. The summed E-state index contributed by atoms with van der Waals surface area (Å²) in [6, 6.07) is 28.9. The molecule has 1 atom stereocenters. The smallest absolute Gasteiger partial charge is 0.292 e. The van der Waals surface area contributed by atoms with Crippen molar-refractivity contribution >= 4 is 21.8 Å². The third kappa shape index (κ3) is 5.58. The van der Waals surface area contributed by atoms with E-state index < -0.39 is 0 Å². The van der Waals surface area contributed by atoms with Crippen LogP contribution in [0.4, 0.5) is 0 Å². The lowest BCUT2D eigenvalue weighted by atomic mass is 10.0. The van der Waals surface area contributed by atoms with Crippen molar-refractivity contribution in [1.29, 1.82) is 0 Å². The number of halogens is 1. The molecular formula is C29H30BrN5O. The van der Waals surface area contributed by atoms with Gasteiger partial charge in [0.1, 0.15) is 5.82 Å². The number of hydrogen-bond acceptors (Lipinski definition) is 4. The minimum Gasteiger partial charge on any atom is -0.329 e. The largest absolute Gasteiger partial charge is 0.329 e. The van der Waals surface area contributed by atoms with E-state index in [9.17, 15) is 4.79 Å². The molecule has 0 unspecified atom stereocenters. The third-order valence-electron chi connectivity index (χ3n) is 6.68. The summed E-state index contributed by atoms with van der Waals surface area (Å²) in [6.45, 7) is 2.67. The van der Waals surface area contributed by atoms with Gasteiger partial charge in [0, 0.05) is 17.6 Å². The van der Waals surface area contributed by atoms with Crippen LogP contribution in [0.2, 0.25) is 0 Å². The van der Waals surface area contributed by atoms with Crippen molar-refractivity contribution in [2.75, 3.05) is 13.6 Å². The summed E-state index contributed by atoms with van der Waals surface area (Å²) in [6.07, 6.45) is 1.93. The maximum absolute atomic E-state index is 13.9. The molecule has 1 fully saturated rings. The average molecular weight is 544 g/mol. The number of rotatable bonds is 8. The van der Waals surface area contributed by atoms with E-state index in [0.29, 0.717) is 18.9 Å². The number of carbonyl (C=O) groups is 1. The van der Waals surface area contributed by atoms with Crippen LogP contribution in [0.15, 0.2) is 89.4 Å². The van der Waals surface area contributed by atoms with Crippen LogP contribution in [0.3, 0.4) is 0 Å². The van der Waals surface area contributed by atoms with Gasteiger partial charge in [-0.1, -0.05) is 88.7 Å². The van der Waals surface area contributed by atoms with Crippen molar-refractivity contribution in [1.82, 2.24) is 24.6 Å². The SMILES string of the molecule is CN(Cc1ccccc1)Cc1nnc(C(=O)N2CCC[C@@H]2c2ccc(Br)cc2)n1Cc1ccccc1. The molecule has 3 aromatic carbocycles. The summed E-state index contributed by atoms with van der Waals surface area (Å²) in [5, 5.41) is 8.96. The zero-order valence-corrected chi connectivity index (χ0v) is 22.0. The van der Waals surface area contributed by atoms with Crippen molar-refractivity contribution in [3.63, 3.8) is 0 Å². The van der Waals surface area contributed by atoms with Crippen LogP contribution < -0.4 is 0 Å². The normalized spacial score (nSPS) is 15.5. The fourth-order valence-electron chi connectivity index (χ4n) is 4.90. The molecule has 1 amide bonds. The van der Waals surface area contributed by atoms with Gasteiger partial charge in [0.2, 0.25) is 5.82 Å². The second kappa shape index (κ2) is 11.2. The van der Waals surface area contributed by atoms with Crippen LogP contribution in [0.5, 0.6) is 0 Å². The lowest BCUT2D eigenvalue weighted by Crippen LogP contribution is -2.33. The second-order valence-electron chi connectivity index (χ2n) is 9.38. The Hall–Kier alpha value is -3.29. The Bertz CT molecular complexity index is 1290. The fraction of sp³-hybridized carbons (Fsp3) is 0.276. The van der Waals surface area contributed by atoms with Crippen molar-refractivity contribution in [3.05, 3.63) is 118 Å². The quantitative estimate of drug-likeness (QED) is 0.286. The first-order chi connectivity index (χ1) is 17.6. The van der Waals surface area contributed by atoms with Crippen LogP contribution in [0, 0.1) is 0 Å². The van der Waals surface area contributed by atoms with Gasteiger partial charge in [-0.2, -0.15) is 0 Å². The van der Waals surface area contributed by atoms with Gasteiger partial charge < -0.3 is 9.47 Å². The van der Waals surface area contributed by atoms with E-state index in [-0.39, 0.29) is 11.9 Å². The molecule has 5 rings (SSSR count). The maximum Gasteiger partial charge on any atom is 0.292 e. The Morgan fingerprint density at radius 1 is 0.917 bits per heavy atom. The van der Waals surface area contributed by atoms with Crippen LogP contribution >= 0.6 is 15.9 Å². The molecule has 0 saturated carbocycles. The van der Waals surface area contributed by atoms with Gasteiger partial charge in [-0.25, -0.2) is 0 Å². The number of benzene rings is 3. The summed E-state index contributed by atoms with van der Waals surface area (Å²) >= 11 is 3.51. The highest BCUT2D eigenvalue weighted by atomic mass is 79.9. The molecular weight excluding hydrogens is 514 g/mol. The van der Waals surface area contributed by atoms with E-state index >= 15 is 0 Å². The van der Waals surface area contributed by atoms with Gasteiger partial charge in [-0.3, -0.25) is 9.69 Å². The Balaban J connectivity index is 1.42. The van der Waals surface area contributed by atoms with Crippen LogP contribution in [-0.4, -0.2) is 44.1 Å². The summed E-state index contributed by atoms with van der Waals surface area (Å²) < 4.78 is 3.03. The molecule has 36 heavy (non-hydrogen) atoms. The summed E-state index contributed by atoms with van der Waals surface area (Å²) in [7, 11) is 2.07. The molecule has 0 bridgehead atoms. The highest BCUT2D eigenvalue weighted by molar-refractivity contribution is 9.10. The van der Waals surface area contributed by atoms with Gasteiger partial charge in [0.15, 0.2) is 0 Å². The van der Waals surface area contributed by atoms with Crippen molar-refractivity contribution in [3.8, 4) is 0 Å². The molecule has 1 aliphatic heterocycles. The molecule has 7 heteroatoms. The number of likely N-dealkylation sites (tertiary alicyclic amines) is 1. The van der Waals surface area contributed by atoms with E-state index in [1.807, 2.05) is 45.9 Å². The number of nitrogens with zero attached hydrogens (tertiary/aromatic N) is 5. The lowest BCUT2D eigenvalue weighted by Gasteiger charge is -2.25. The van der Waals surface area contributed by atoms with E-state index in [1.54, 1.807) is 0 Å². The Labute approximate surface area is 220 Å². The van der Waals surface area contributed by atoms with Crippen LogP contribution in [0.25, 0.3) is 0 Å². The topological polar surface area (TPSA) is 54.3 Å². The molecule has 4 aromatic rings. The summed E-state index contributed by atoms with van der Waals surface area (Å²) in [5.74, 6) is 1.15. The Kier molecular flexibility index (Phi) is 7.58. The number of hydrogen-bond donors (Lipinski definition) is 0. The molecule has 0 spiro atoms. The lowest BCUT2D eigenvalue weighted by molar-refractivity contribution is 0.0717. The Morgan fingerprint density at radius 3 is 2.28 bits per heavy atom. The number of amides is 1. The predicted molar refractivity (Wildman–Crippen MR) is 144 cm³/mol. The monoisotopic (exact) mass is 543 g/mol. The molecule has 6 nitrogen and oxygen atoms in total. The zero-order chi connectivity index (χ0) is 24.9. The molecule has 0 radical (unpaired) electrons. The van der Waals surface area contributed by atoms with Crippen molar-refractivity contribution < 1.29 is 4.79 Å². The standard InChI is InChI=1S/C29H30BrN5O/c1-33(19-22-9-4-2-5-10-22)21-27-31-32-28(35(27)20-23-11-6-3-7-12-23)29(36)34-18-8-13-26(34)24-14-16-25(30)17-15-24/h2-7,9-12,14-17,26H,8,13,18-21H2,1H3/t26-/m1/s1.